The van der Waals surface area contributed by atoms with Crippen molar-refractivity contribution in [3.63, 3.8) is 0 Å². The number of amides is 1. The predicted molar refractivity (Wildman–Crippen MR) is 68.9 cm³/mol. The van der Waals surface area contributed by atoms with Crippen molar-refractivity contribution in [2.45, 2.75) is 39.3 Å². The lowest BCUT2D eigenvalue weighted by molar-refractivity contribution is -0.122. The zero-order valence-corrected chi connectivity index (χ0v) is 11.2. The Morgan fingerprint density at radius 3 is 3.00 bits per heavy atom. The summed E-state index contributed by atoms with van der Waals surface area (Å²) in [4.78, 5) is 22.6. The maximum Gasteiger partial charge on any atom is 0.221 e. The Labute approximate surface area is 108 Å². The topological polar surface area (TPSA) is 58.1 Å². The molecule has 5 nitrogen and oxygen atoms in total. The molecular formula is C13H20N4O. The molecule has 1 amide bonds. The molecule has 0 spiro atoms. The van der Waals surface area contributed by atoms with Gasteiger partial charge >= 0.3 is 0 Å². The first-order valence-electron chi connectivity index (χ1n) is 6.28. The van der Waals surface area contributed by atoms with Crippen LogP contribution in [0.2, 0.25) is 0 Å². The summed E-state index contributed by atoms with van der Waals surface area (Å²) in [5, 5.41) is 2.91. The number of hydrogen-bond acceptors (Lipinski definition) is 4. The first-order valence-corrected chi connectivity index (χ1v) is 6.28. The molecule has 2 heterocycles. The summed E-state index contributed by atoms with van der Waals surface area (Å²) in [7, 11) is 0. The van der Waals surface area contributed by atoms with Crippen molar-refractivity contribution >= 4 is 5.91 Å². The number of hydrogen-bond donors (Lipinski definition) is 1. The number of aryl methyl sites for hydroxylation is 1. The molecule has 1 N–H and O–H groups in total. The SMILES string of the molecule is Cc1ccnc(CN2CCNC(=O)CC2(C)C)n1. The van der Waals surface area contributed by atoms with Crippen molar-refractivity contribution in [3.8, 4) is 0 Å². The first-order chi connectivity index (χ1) is 8.47. The third-order valence-corrected chi connectivity index (χ3v) is 3.33. The van der Waals surface area contributed by atoms with Crippen LogP contribution < -0.4 is 5.32 Å². The molecule has 1 aromatic rings. The van der Waals surface area contributed by atoms with Crippen LogP contribution in [0.5, 0.6) is 0 Å². The second-order valence-corrected chi connectivity index (χ2v) is 5.37. The van der Waals surface area contributed by atoms with Crippen LogP contribution in [0, 0.1) is 6.92 Å². The normalized spacial score (nSPS) is 20.3. The first kappa shape index (κ1) is 13.0. The van der Waals surface area contributed by atoms with Crippen molar-refractivity contribution < 1.29 is 4.79 Å². The third-order valence-electron chi connectivity index (χ3n) is 3.33. The van der Waals surface area contributed by atoms with E-state index in [0.29, 0.717) is 19.5 Å². The van der Waals surface area contributed by atoms with Gasteiger partial charge in [-0.3, -0.25) is 9.69 Å². The minimum absolute atomic E-state index is 0.118. The number of carbonyl (C=O) groups is 1. The molecule has 98 valence electrons. The molecule has 0 aromatic carbocycles. The average molecular weight is 248 g/mol. The summed E-state index contributed by atoms with van der Waals surface area (Å²) < 4.78 is 0. The lowest BCUT2D eigenvalue weighted by Crippen LogP contribution is -2.44. The van der Waals surface area contributed by atoms with E-state index in [4.69, 9.17) is 0 Å². The lowest BCUT2D eigenvalue weighted by atomic mass is 9.98. The second kappa shape index (κ2) is 5.02. The molecule has 0 aliphatic carbocycles. The molecule has 5 heteroatoms. The van der Waals surface area contributed by atoms with E-state index in [1.807, 2.05) is 13.0 Å². The van der Waals surface area contributed by atoms with E-state index in [-0.39, 0.29) is 11.4 Å². The van der Waals surface area contributed by atoms with Crippen LogP contribution in [0.3, 0.4) is 0 Å². The fourth-order valence-corrected chi connectivity index (χ4v) is 2.24. The minimum Gasteiger partial charge on any atom is -0.355 e. The van der Waals surface area contributed by atoms with Crippen LogP contribution in [0.1, 0.15) is 31.8 Å². The van der Waals surface area contributed by atoms with Crippen molar-refractivity contribution in [1.29, 1.82) is 0 Å². The average Bonchev–Trinajstić information content (AvgIpc) is 2.38. The number of nitrogens with zero attached hydrogens (tertiary/aromatic N) is 3. The molecule has 1 aromatic heterocycles. The molecule has 0 atom stereocenters. The Bertz CT molecular complexity index is 444. The van der Waals surface area contributed by atoms with Crippen LogP contribution in [-0.2, 0) is 11.3 Å². The zero-order valence-electron chi connectivity index (χ0n) is 11.2. The van der Waals surface area contributed by atoms with Gasteiger partial charge in [0.1, 0.15) is 5.82 Å². The summed E-state index contributed by atoms with van der Waals surface area (Å²) in [6, 6.07) is 1.89. The molecular weight excluding hydrogens is 228 g/mol. The maximum absolute atomic E-state index is 11.6. The van der Waals surface area contributed by atoms with Gasteiger partial charge in [0.05, 0.1) is 6.54 Å². The summed E-state index contributed by atoms with van der Waals surface area (Å²) in [6.07, 6.45) is 2.30. The van der Waals surface area contributed by atoms with Crippen molar-refractivity contribution in [2.24, 2.45) is 0 Å². The van der Waals surface area contributed by atoms with Crippen molar-refractivity contribution in [2.75, 3.05) is 13.1 Å². The van der Waals surface area contributed by atoms with Gasteiger partial charge in [0.25, 0.3) is 0 Å². The number of rotatable bonds is 2. The van der Waals surface area contributed by atoms with E-state index in [1.54, 1.807) is 6.20 Å². The predicted octanol–water partition coefficient (Wildman–Crippen LogP) is 0.886. The van der Waals surface area contributed by atoms with Gasteiger partial charge < -0.3 is 5.32 Å². The number of nitrogens with one attached hydrogen (secondary N) is 1. The summed E-state index contributed by atoms with van der Waals surface area (Å²) in [6.45, 7) is 8.35. The Morgan fingerprint density at radius 2 is 2.28 bits per heavy atom. The number of carbonyl (C=O) groups excluding carboxylic acids is 1. The fourth-order valence-electron chi connectivity index (χ4n) is 2.24. The molecule has 0 unspecified atom stereocenters. The molecule has 2 rings (SSSR count). The monoisotopic (exact) mass is 248 g/mol. The van der Waals surface area contributed by atoms with Gasteiger partial charge in [-0.1, -0.05) is 0 Å². The quantitative estimate of drug-likeness (QED) is 0.844. The Kier molecular flexibility index (Phi) is 3.61. The zero-order chi connectivity index (χ0) is 13.2. The van der Waals surface area contributed by atoms with E-state index >= 15 is 0 Å². The number of aromatic nitrogens is 2. The van der Waals surface area contributed by atoms with Gasteiger partial charge in [-0.2, -0.15) is 0 Å². The largest absolute Gasteiger partial charge is 0.355 e. The lowest BCUT2D eigenvalue weighted by Gasteiger charge is -2.35. The second-order valence-electron chi connectivity index (χ2n) is 5.37. The highest BCUT2D eigenvalue weighted by Crippen LogP contribution is 2.22. The van der Waals surface area contributed by atoms with Crippen LogP contribution in [0.25, 0.3) is 0 Å². The minimum atomic E-state index is -0.159. The molecule has 1 aliphatic rings. The van der Waals surface area contributed by atoms with Gasteiger partial charge in [0.15, 0.2) is 0 Å². The smallest absolute Gasteiger partial charge is 0.221 e. The van der Waals surface area contributed by atoms with Gasteiger partial charge in [-0.05, 0) is 26.8 Å². The summed E-state index contributed by atoms with van der Waals surface area (Å²) in [5.74, 6) is 0.935. The van der Waals surface area contributed by atoms with Gasteiger partial charge in [-0.15, -0.1) is 0 Å². The molecule has 1 saturated heterocycles. The molecule has 18 heavy (non-hydrogen) atoms. The van der Waals surface area contributed by atoms with E-state index in [2.05, 4.69) is 34.0 Å². The third kappa shape index (κ3) is 3.04. The maximum atomic E-state index is 11.6. The van der Waals surface area contributed by atoms with Crippen LogP contribution in [0.4, 0.5) is 0 Å². The molecule has 0 bridgehead atoms. The molecule has 1 aliphatic heterocycles. The van der Waals surface area contributed by atoms with E-state index in [1.165, 1.54) is 0 Å². The fraction of sp³-hybridized carbons (Fsp3) is 0.615. The highest BCUT2D eigenvalue weighted by molar-refractivity contribution is 5.77. The summed E-state index contributed by atoms with van der Waals surface area (Å²) >= 11 is 0. The highest BCUT2D eigenvalue weighted by atomic mass is 16.1. The van der Waals surface area contributed by atoms with Crippen molar-refractivity contribution in [3.05, 3.63) is 23.8 Å². The van der Waals surface area contributed by atoms with Gasteiger partial charge in [0, 0.05) is 36.9 Å². The summed E-state index contributed by atoms with van der Waals surface area (Å²) in [5.41, 5.74) is 0.815. The van der Waals surface area contributed by atoms with E-state index in [0.717, 1.165) is 18.1 Å². The highest BCUT2D eigenvalue weighted by Gasteiger charge is 2.32. The molecule has 1 fully saturated rings. The van der Waals surface area contributed by atoms with E-state index in [9.17, 15) is 4.79 Å². The van der Waals surface area contributed by atoms with Crippen molar-refractivity contribution in [1.82, 2.24) is 20.2 Å². The molecule has 0 saturated carbocycles. The Balaban J connectivity index is 2.14. The standard InChI is InChI=1S/C13H20N4O/c1-10-4-5-14-11(16-10)9-17-7-6-15-12(18)8-13(17,2)3/h4-5H,6-9H2,1-3H3,(H,15,18). The van der Waals surface area contributed by atoms with Gasteiger partial charge in [0.2, 0.25) is 5.91 Å². The van der Waals surface area contributed by atoms with Gasteiger partial charge in [-0.25, -0.2) is 9.97 Å². The van der Waals surface area contributed by atoms with E-state index < -0.39 is 0 Å². The van der Waals surface area contributed by atoms with Crippen LogP contribution in [0.15, 0.2) is 12.3 Å². The van der Waals surface area contributed by atoms with Crippen LogP contribution in [-0.4, -0.2) is 39.4 Å². The Hall–Kier alpha value is -1.49. The van der Waals surface area contributed by atoms with Crippen LogP contribution >= 0.6 is 0 Å². The Morgan fingerprint density at radius 1 is 1.50 bits per heavy atom. The molecule has 0 radical (unpaired) electrons.